The molecule has 102 valence electrons. The Morgan fingerprint density at radius 2 is 1.95 bits per heavy atom. The van der Waals surface area contributed by atoms with E-state index >= 15 is 0 Å². The number of carbonyl (C=O) groups is 2. The standard InChI is InChI=1S/C14H17NO3S/c1-18-14(17)10-7-9(8-10)13(16)15-11-5-3-4-6-12(11)19-2/h3-6,9-10H,7-8H2,1-2H3,(H,15,16). The van der Waals surface area contributed by atoms with E-state index in [0.29, 0.717) is 12.8 Å². The average Bonchev–Trinajstić information content (AvgIpc) is 2.37. The van der Waals surface area contributed by atoms with E-state index in [1.807, 2.05) is 30.5 Å². The van der Waals surface area contributed by atoms with Crippen LogP contribution in [0.5, 0.6) is 0 Å². The lowest BCUT2D eigenvalue weighted by molar-refractivity contribution is -0.151. The van der Waals surface area contributed by atoms with Crippen LogP contribution in [0, 0.1) is 11.8 Å². The summed E-state index contributed by atoms with van der Waals surface area (Å²) < 4.78 is 4.66. The summed E-state index contributed by atoms with van der Waals surface area (Å²) in [5, 5.41) is 2.93. The quantitative estimate of drug-likeness (QED) is 0.680. The Balaban J connectivity index is 1.91. The van der Waals surface area contributed by atoms with Crippen molar-refractivity contribution in [2.45, 2.75) is 17.7 Å². The molecular formula is C14H17NO3S. The van der Waals surface area contributed by atoms with Crippen LogP contribution in [0.15, 0.2) is 29.2 Å². The van der Waals surface area contributed by atoms with Crippen molar-refractivity contribution < 1.29 is 14.3 Å². The molecule has 1 fully saturated rings. The molecule has 0 saturated heterocycles. The Hall–Kier alpha value is -1.49. The highest BCUT2D eigenvalue weighted by molar-refractivity contribution is 7.98. The summed E-state index contributed by atoms with van der Waals surface area (Å²) in [5.74, 6) is -0.425. The molecule has 1 aliphatic rings. The van der Waals surface area contributed by atoms with Crippen LogP contribution in [0.4, 0.5) is 5.69 Å². The zero-order chi connectivity index (χ0) is 13.8. The molecule has 0 aliphatic heterocycles. The first-order chi connectivity index (χ1) is 9.15. The van der Waals surface area contributed by atoms with Crippen LogP contribution in [0.2, 0.25) is 0 Å². The molecule has 0 atom stereocenters. The topological polar surface area (TPSA) is 55.4 Å². The minimum atomic E-state index is -0.214. The summed E-state index contributed by atoms with van der Waals surface area (Å²) in [7, 11) is 1.38. The van der Waals surface area contributed by atoms with Gasteiger partial charge in [-0.2, -0.15) is 0 Å². The van der Waals surface area contributed by atoms with Crippen LogP contribution in [-0.2, 0) is 14.3 Å². The molecule has 1 aromatic carbocycles. The first kappa shape index (κ1) is 13.9. The van der Waals surface area contributed by atoms with Crippen LogP contribution < -0.4 is 5.32 Å². The fraction of sp³-hybridized carbons (Fsp3) is 0.429. The molecule has 1 aliphatic carbocycles. The van der Waals surface area contributed by atoms with Crippen molar-refractivity contribution in [3.05, 3.63) is 24.3 Å². The van der Waals surface area contributed by atoms with E-state index in [1.54, 1.807) is 11.8 Å². The highest BCUT2D eigenvalue weighted by atomic mass is 32.2. The van der Waals surface area contributed by atoms with Crippen LogP contribution in [0.25, 0.3) is 0 Å². The Morgan fingerprint density at radius 3 is 2.58 bits per heavy atom. The molecule has 1 N–H and O–H groups in total. The van der Waals surface area contributed by atoms with E-state index in [1.165, 1.54) is 7.11 Å². The number of thioether (sulfide) groups is 1. The van der Waals surface area contributed by atoms with Gasteiger partial charge in [0.25, 0.3) is 0 Å². The highest BCUT2D eigenvalue weighted by Gasteiger charge is 2.39. The number of nitrogens with one attached hydrogen (secondary N) is 1. The highest BCUT2D eigenvalue weighted by Crippen LogP contribution is 2.36. The Kier molecular flexibility index (Phi) is 4.47. The third-order valence-corrected chi connectivity index (χ3v) is 4.20. The minimum absolute atomic E-state index is 0.0124. The predicted molar refractivity (Wildman–Crippen MR) is 75.1 cm³/mol. The number of rotatable bonds is 4. The fourth-order valence-corrected chi connectivity index (χ4v) is 2.73. The minimum Gasteiger partial charge on any atom is -0.469 e. The van der Waals surface area contributed by atoms with Crippen molar-refractivity contribution in [3.8, 4) is 0 Å². The van der Waals surface area contributed by atoms with Gasteiger partial charge >= 0.3 is 5.97 Å². The second-order valence-corrected chi connectivity index (χ2v) is 5.43. The molecule has 2 rings (SSSR count). The van der Waals surface area contributed by atoms with Gasteiger partial charge in [0.05, 0.1) is 18.7 Å². The molecule has 4 nitrogen and oxygen atoms in total. The zero-order valence-corrected chi connectivity index (χ0v) is 11.8. The number of ether oxygens (including phenoxy) is 1. The van der Waals surface area contributed by atoms with E-state index in [0.717, 1.165) is 10.6 Å². The maximum absolute atomic E-state index is 12.0. The van der Waals surface area contributed by atoms with Gasteiger partial charge in [-0.1, -0.05) is 12.1 Å². The second kappa shape index (κ2) is 6.10. The number of hydrogen-bond donors (Lipinski definition) is 1. The van der Waals surface area contributed by atoms with Crippen LogP contribution in [-0.4, -0.2) is 25.2 Å². The zero-order valence-electron chi connectivity index (χ0n) is 11.0. The third-order valence-electron chi connectivity index (χ3n) is 3.41. The molecule has 19 heavy (non-hydrogen) atoms. The van der Waals surface area contributed by atoms with Crippen molar-refractivity contribution in [1.29, 1.82) is 0 Å². The summed E-state index contributed by atoms with van der Waals surface area (Å²) in [6.07, 6.45) is 3.14. The van der Waals surface area contributed by atoms with E-state index in [2.05, 4.69) is 10.1 Å². The number of carbonyl (C=O) groups excluding carboxylic acids is 2. The molecular weight excluding hydrogens is 262 g/mol. The molecule has 0 aromatic heterocycles. The van der Waals surface area contributed by atoms with E-state index in [9.17, 15) is 9.59 Å². The average molecular weight is 279 g/mol. The maximum Gasteiger partial charge on any atom is 0.308 e. The molecule has 0 bridgehead atoms. The van der Waals surface area contributed by atoms with Gasteiger partial charge in [-0.15, -0.1) is 11.8 Å². The molecule has 0 heterocycles. The molecule has 1 saturated carbocycles. The monoisotopic (exact) mass is 279 g/mol. The van der Waals surface area contributed by atoms with Gasteiger partial charge in [0.15, 0.2) is 0 Å². The predicted octanol–water partition coefficient (Wildman–Crippen LogP) is 2.55. The largest absolute Gasteiger partial charge is 0.469 e. The summed E-state index contributed by atoms with van der Waals surface area (Å²) in [4.78, 5) is 24.4. The van der Waals surface area contributed by atoms with Crippen molar-refractivity contribution in [2.75, 3.05) is 18.7 Å². The Bertz CT molecular complexity index is 483. The molecule has 5 heteroatoms. The molecule has 1 aromatic rings. The van der Waals surface area contributed by atoms with Crippen LogP contribution in [0.3, 0.4) is 0 Å². The van der Waals surface area contributed by atoms with E-state index < -0.39 is 0 Å². The summed E-state index contributed by atoms with van der Waals surface area (Å²) in [6, 6.07) is 7.70. The lowest BCUT2D eigenvalue weighted by atomic mass is 9.74. The summed E-state index contributed by atoms with van der Waals surface area (Å²) in [6.45, 7) is 0. The van der Waals surface area contributed by atoms with Crippen molar-refractivity contribution >= 4 is 29.3 Å². The van der Waals surface area contributed by atoms with Crippen LogP contribution >= 0.6 is 11.8 Å². The smallest absolute Gasteiger partial charge is 0.308 e. The molecule has 0 radical (unpaired) electrons. The van der Waals surface area contributed by atoms with Crippen molar-refractivity contribution in [2.24, 2.45) is 11.8 Å². The van der Waals surface area contributed by atoms with Gasteiger partial charge in [-0.3, -0.25) is 9.59 Å². The number of amides is 1. The number of methoxy groups -OCH3 is 1. The lowest BCUT2D eigenvalue weighted by Crippen LogP contribution is -2.38. The molecule has 0 spiro atoms. The van der Waals surface area contributed by atoms with Gasteiger partial charge in [-0.25, -0.2) is 0 Å². The molecule has 1 amide bonds. The van der Waals surface area contributed by atoms with Gasteiger partial charge in [0, 0.05) is 10.8 Å². The van der Waals surface area contributed by atoms with Crippen molar-refractivity contribution in [1.82, 2.24) is 0 Å². The second-order valence-electron chi connectivity index (χ2n) is 4.58. The Labute approximate surface area is 116 Å². The maximum atomic E-state index is 12.0. The number of esters is 1. The summed E-state index contributed by atoms with van der Waals surface area (Å²) >= 11 is 1.59. The fourth-order valence-electron chi connectivity index (χ4n) is 2.17. The Morgan fingerprint density at radius 1 is 1.26 bits per heavy atom. The number of anilines is 1. The molecule has 0 unspecified atom stereocenters. The first-order valence-corrected chi connectivity index (χ1v) is 7.40. The van der Waals surface area contributed by atoms with Gasteiger partial charge in [0.2, 0.25) is 5.91 Å². The SMILES string of the molecule is COC(=O)C1CC(C(=O)Nc2ccccc2SC)C1. The van der Waals surface area contributed by atoms with Gasteiger partial charge in [0.1, 0.15) is 0 Å². The number of para-hydroxylation sites is 1. The van der Waals surface area contributed by atoms with Gasteiger partial charge in [-0.05, 0) is 31.2 Å². The van der Waals surface area contributed by atoms with Gasteiger partial charge < -0.3 is 10.1 Å². The van der Waals surface area contributed by atoms with Crippen LogP contribution in [0.1, 0.15) is 12.8 Å². The number of benzene rings is 1. The lowest BCUT2D eigenvalue weighted by Gasteiger charge is -2.32. The van der Waals surface area contributed by atoms with E-state index in [4.69, 9.17) is 0 Å². The first-order valence-electron chi connectivity index (χ1n) is 6.17. The van der Waals surface area contributed by atoms with E-state index in [-0.39, 0.29) is 23.7 Å². The summed E-state index contributed by atoms with van der Waals surface area (Å²) in [5.41, 5.74) is 0.835. The normalized spacial score (nSPS) is 21.4. The third kappa shape index (κ3) is 3.10. The number of hydrogen-bond acceptors (Lipinski definition) is 4. The van der Waals surface area contributed by atoms with Crippen molar-refractivity contribution in [3.63, 3.8) is 0 Å².